The van der Waals surface area contributed by atoms with E-state index in [0.717, 1.165) is 5.75 Å². The zero-order valence-corrected chi connectivity index (χ0v) is 14.4. The Balaban J connectivity index is 0.000000741. The van der Waals surface area contributed by atoms with Crippen LogP contribution >= 0.6 is 27.7 Å². The van der Waals surface area contributed by atoms with Crippen LogP contribution in [0.1, 0.15) is 34.6 Å². The summed E-state index contributed by atoms with van der Waals surface area (Å²) in [7, 11) is 0. The molecule has 2 heterocycles. The van der Waals surface area contributed by atoms with Crippen molar-refractivity contribution in [2.24, 2.45) is 0 Å². The molecule has 4 nitrogen and oxygen atoms in total. The van der Waals surface area contributed by atoms with E-state index in [1.807, 2.05) is 34.6 Å². The van der Waals surface area contributed by atoms with E-state index in [0.29, 0.717) is 20.7 Å². The number of rotatable bonds is 2. The van der Waals surface area contributed by atoms with Gasteiger partial charge in [-0.05, 0) is 27.7 Å². The molecule has 0 saturated heterocycles. The molecule has 0 aliphatic heterocycles. The molecule has 19 heavy (non-hydrogen) atoms. The van der Waals surface area contributed by atoms with Crippen LogP contribution in [-0.4, -0.2) is 20.7 Å². The Hall–Kier alpha value is -0.880. The van der Waals surface area contributed by atoms with E-state index in [9.17, 15) is 4.79 Å². The fraction of sp³-hybridized carbons (Fsp3) is 0.462. The Morgan fingerprint density at radius 3 is 2.53 bits per heavy atom. The molecule has 106 valence electrons. The van der Waals surface area contributed by atoms with Crippen molar-refractivity contribution in [3.05, 3.63) is 27.2 Å². The van der Waals surface area contributed by atoms with Crippen LogP contribution in [0.25, 0.3) is 10.9 Å². The second kappa shape index (κ2) is 9.97. The summed E-state index contributed by atoms with van der Waals surface area (Å²) in [5.41, 5.74) is 0.497. The molecule has 0 saturated carbocycles. The number of fused-ring (bicyclic) bond motifs is 1. The molecule has 6 heteroatoms. The standard InChI is InChI=1S/C9H8BrN3OS.2C2H6/c1-2-15-9-12-6-4-11-7(10)3-5(6)8(14)13-9;2*1-2/h3-4H,2H2,1H3,(H,12,13,14);2*1-2H3. The van der Waals surface area contributed by atoms with Gasteiger partial charge >= 0.3 is 0 Å². The maximum atomic E-state index is 11.7. The lowest BCUT2D eigenvalue weighted by Gasteiger charge is -2.00. The van der Waals surface area contributed by atoms with Gasteiger partial charge in [-0.3, -0.25) is 4.79 Å². The third-order valence-electron chi connectivity index (χ3n) is 1.82. The lowest BCUT2D eigenvalue weighted by molar-refractivity contribution is 0.970. The normalized spacial score (nSPS) is 9.16. The Bertz CT molecular complexity index is 557. The first kappa shape index (κ1) is 18.1. The van der Waals surface area contributed by atoms with Gasteiger partial charge in [-0.1, -0.05) is 46.4 Å². The predicted molar refractivity (Wildman–Crippen MR) is 87.0 cm³/mol. The van der Waals surface area contributed by atoms with Crippen molar-refractivity contribution < 1.29 is 0 Å². The molecule has 2 aromatic rings. The van der Waals surface area contributed by atoms with Gasteiger partial charge in [0.05, 0.1) is 17.1 Å². The minimum absolute atomic E-state index is 0.126. The summed E-state index contributed by atoms with van der Waals surface area (Å²) >= 11 is 4.72. The fourth-order valence-electron chi connectivity index (χ4n) is 1.20. The Labute approximate surface area is 126 Å². The number of H-pyrrole nitrogens is 1. The van der Waals surface area contributed by atoms with Crippen LogP contribution in [0.3, 0.4) is 0 Å². The number of aromatic amines is 1. The van der Waals surface area contributed by atoms with E-state index in [4.69, 9.17) is 0 Å². The van der Waals surface area contributed by atoms with Gasteiger partial charge < -0.3 is 4.98 Å². The Morgan fingerprint density at radius 2 is 1.95 bits per heavy atom. The number of nitrogens with zero attached hydrogens (tertiary/aromatic N) is 2. The van der Waals surface area contributed by atoms with Crippen molar-refractivity contribution in [2.75, 3.05) is 5.75 Å². The third kappa shape index (κ3) is 5.32. The number of nitrogens with one attached hydrogen (secondary N) is 1. The third-order valence-corrected chi connectivity index (χ3v) is 3.01. The number of pyridine rings is 1. The van der Waals surface area contributed by atoms with Crippen LogP contribution in [-0.2, 0) is 0 Å². The average molecular weight is 346 g/mol. The quantitative estimate of drug-likeness (QED) is 0.502. The van der Waals surface area contributed by atoms with Crippen molar-refractivity contribution in [3.8, 4) is 0 Å². The number of hydrogen-bond acceptors (Lipinski definition) is 4. The van der Waals surface area contributed by atoms with Gasteiger partial charge in [-0.25, -0.2) is 9.97 Å². The highest BCUT2D eigenvalue weighted by atomic mass is 79.9. The number of halogens is 1. The molecular formula is C13H20BrN3OS. The number of aromatic nitrogens is 3. The summed E-state index contributed by atoms with van der Waals surface area (Å²) in [5.74, 6) is 0.873. The molecule has 0 aliphatic rings. The zero-order valence-electron chi connectivity index (χ0n) is 12.0. The van der Waals surface area contributed by atoms with Crippen LogP contribution < -0.4 is 5.56 Å². The van der Waals surface area contributed by atoms with Gasteiger partial charge in [-0.15, -0.1) is 0 Å². The minimum atomic E-state index is -0.126. The fourth-order valence-corrected chi connectivity index (χ4v) is 2.13. The molecule has 0 fully saturated rings. The van der Waals surface area contributed by atoms with Gasteiger partial charge in [0.15, 0.2) is 5.16 Å². The molecule has 2 rings (SSSR count). The van der Waals surface area contributed by atoms with Gasteiger partial charge in [0.25, 0.3) is 5.56 Å². The lowest BCUT2D eigenvalue weighted by atomic mass is 10.3. The van der Waals surface area contributed by atoms with E-state index in [1.54, 1.807) is 12.3 Å². The first-order valence-corrected chi connectivity index (χ1v) is 8.17. The van der Waals surface area contributed by atoms with Crippen molar-refractivity contribution in [1.29, 1.82) is 0 Å². The van der Waals surface area contributed by atoms with E-state index in [-0.39, 0.29) is 5.56 Å². The average Bonchev–Trinajstić information content (AvgIpc) is 2.45. The van der Waals surface area contributed by atoms with Crippen LogP contribution in [0.5, 0.6) is 0 Å². The van der Waals surface area contributed by atoms with Crippen LogP contribution in [0.2, 0.25) is 0 Å². The van der Waals surface area contributed by atoms with Crippen LogP contribution in [0, 0.1) is 0 Å². The van der Waals surface area contributed by atoms with E-state index in [1.165, 1.54) is 11.8 Å². The van der Waals surface area contributed by atoms with Gasteiger partial charge in [-0.2, -0.15) is 0 Å². The van der Waals surface area contributed by atoms with Crippen molar-refractivity contribution >= 4 is 38.6 Å². The molecule has 0 radical (unpaired) electrons. The smallest absolute Gasteiger partial charge is 0.259 e. The molecule has 0 spiro atoms. The maximum absolute atomic E-state index is 11.7. The largest absolute Gasteiger partial charge is 0.301 e. The van der Waals surface area contributed by atoms with Crippen molar-refractivity contribution in [2.45, 2.75) is 39.8 Å². The number of thioether (sulfide) groups is 1. The first-order valence-electron chi connectivity index (χ1n) is 6.39. The van der Waals surface area contributed by atoms with Crippen LogP contribution in [0.15, 0.2) is 26.8 Å². The second-order valence-corrected chi connectivity index (χ2v) is 4.89. The van der Waals surface area contributed by atoms with Crippen molar-refractivity contribution in [3.63, 3.8) is 0 Å². The molecule has 0 amide bonds. The summed E-state index contributed by atoms with van der Waals surface area (Å²) in [6.45, 7) is 10.0. The van der Waals surface area contributed by atoms with E-state index in [2.05, 4.69) is 30.9 Å². The second-order valence-electron chi connectivity index (χ2n) is 2.83. The topological polar surface area (TPSA) is 58.6 Å². The summed E-state index contributed by atoms with van der Waals surface area (Å²) in [6, 6.07) is 1.67. The summed E-state index contributed by atoms with van der Waals surface area (Å²) in [4.78, 5) is 22.7. The SMILES string of the molecule is CC.CC.CCSc1nc2cnc(Br)cc2c(=O)[nH]1. The monoisotopic (exact) mass is 345 g/mol. The lowest BCUT2D eigenvalue weighted by Crippen LogP contribution is -2.09. The number of hydrogen-bond donors (Lipinski definition) is 1. The van der Waals surface area contributed by atoms with Gasteiger partial charge in [0.2, 0.25) is 0 Å². The maximum Gasteiger partial charge on any atom is 0.259 e. The molecule has 0 bridgehead atoms. The highest BCUT2D eigenvalue weighted by molar-refractivity contribution is 9.10. The van der Waals surface area contributed by atoms with Gasteiger partial charge in [0, 0.05) is 0 Å². The van der Waals surface area contributed by atoms with Crippen LogP contribution in [0.4, 0.5) is 0 Å². The predicted octanol–water partition coefficient (Wildman–Crippen LogP) is 4.25. The first-order chi connectivity index (χ1) is 9.20. The van der Waals surface area contributed by atoms with Crippen molar-refractivity contribution in [1.82, 2.24) is 15.0 Å². The molecule has 2 aromatic heterocycles. The highest BCUT2D eigenvalue weighted by Gasteiger charge is 2.04. The van der Waals surface area contributed by atoms with Gasteiger partial charge in [0.1, 0.15) is 4.60 Å². The molecule has 0 aliphatic carbocycles. The highest BCUT2D eigenvalue weighted by Crippen LogP contribution is 2.15. The molecule has 0 unspecified atom stereocenters. The Kier molecular flexibility index (Phi) is 9.51. The molecule has 0 aromatic carbocycles. The molecule has 0 atom stereocenters. The minimum Gasteiger partial charge on any atom is -0.301 e. The van der Waals surface area contributed by atoms with E-state index < -0.39 is 0 Å². The summed E-state index contributed by atoms with van der Waals surface area (Å²) in [6.07, 6.45) is 1.59. The Morgan fingerprint density at radius 1 is 1.32 bits per heavy atom. The van der Waals surface area contributed by atoms with E-state index >= 15 is 0 Å². The summed E-state index contributed by atoms with van der Waals surface area (Å²) in [5, 5.41) is 1.19. The zero-order chi connectivity index (χ0) is 14.8. The molecular weight excluding hydrogens is 326 g/mol. The summed E-state index contributed by atoms with van der Waals surface area (Å²) < 4.78 is 0.637. The molecule has 1 N–H and O–H groups in total.